The largest absolute Gasteiger partial charge is 0.397 e. The summed E-state index contributed by atoms with van der Waals surface area (Å²) in [5, 5.41) is 10.2. The Bertz CT molecular complexity index is 403. The van der Waals surface area contributed by atoms with E-state index in [4.69, 9.17) is 11.5 Å². The SMILES string of the molecule is CN1CCN(C[C@@H](O)c2ncc(N)cc2N)CC1. The second-order valence-corrected chi connectivity index (χ2v) is 4.86. The minimum Gasteiger partial charge on any atom is -0.397 e. The average Bonchev–Trinajstić information content (AvgIpc) is 2.32. The Morgan fingerprint density at radius 1 is 1.33 bits per heavy atom. The lowest BCUT2D eigenvalue weighted by Gasteiger charge is -2.33. The molecule has 0 saturated carbocycles. The molecule has 2 heterocycles. The number of β-amino-alcohol motifs (C(OH)–C–C–N with tert-alkyl or cyclic N) is 1. The summed E-state index contributed by atoms with van der Waals surface area (Å²) in [6.45, 7) is 4.54. The normalized spacial score (nSPS) is 19.9. The van der Waals surface area contributed by atoms with Crippen LogP contribution in [-0.2, 0) is 0 Å². The molecule has 1 saturated heterocycles. The molecule has 6 nitrogen and oxygen atoms in total. The average molecular weight is 251 g/mol. The molecule has 0 bridgehead atoms. The van der Waals surface area contributed by atoms with Crippen LogP contribution in [0.5, 0.6) is 0 Å². The molecule has 1 atom stereocenters. The van der Waals surface area contributed by atoms with Crippen molar-refractivity contribution in [2.24, 2.45) is 0 Å². The number of piperazine rings is 1. The quantitative estimate of drug-likeness (QED) is 0.672. The molecule has 18 heavy (non-hydrogen) atoms. The molecular weight excluding hydrogens is 230 g/mol. The fourth-order valence-corrected chi connectivity index (χ4v) is 2.15. The standard InChI is InChI=1S/C12H21N5O/c1-16-2-4-17(5-3-16)8-11(18)12-10(14)6-9(13)7-15-12/h6-7,11,18H,2-5,8,13-14H2,1H3/t11-/m1/s1. The molecule has 2 rings (SSSR count). The molecule has 0 aliphatic carbocycles. The Labute approximate surface area is 107 Å². The van der Waals surface area contributed by atoms with Gasteiger partial charge in [-0.3, -0.25) is 9.88 Å². The number of aliphatic hydroxyl groups excluding tert-OH is 1. The van der Waals surface area contributed by atoms with Gasteiger partial charge in [0.1, 0.15) is 6.10 Å². The molecule has 0 amide bonds. The van der Waals surface area contributed by atoms with E-state index in [1.54, 1.807) is 6.07 Å². The minimum absolute atomic E-state index is 0.455. The summed E-state index contributed by atoms with van der Waals surface area (Å²) in [5.41, 5.74) is 12.9. The van der Waals surface area contributed by atoms with Crippen molar-refractivity contribution in [3.05, 3.63) is 18.0 Å². The predicted octanol–water partition coefficient (Wildman–Crippen LogP) is -0.473. The van der Waals surface area contributed by atoms with Gasteiger partial charge < -0.3 is 21.5 Å². The summed E-state index contributed by atoms with van der Waals surface area (Å²) in [6.07, 6.45) is 0.868. The number of rotatable bonds is 3. The molecule has 0 spiro atoms. The van der Waals surface area contributed by atoms with E-state index < -0.39 is 6.10 Å². The van der Waals surface area contributed by atoms with Gasteiger partial charge in [0, 0.05) is 32.7 Å². The van der Waals surface area contributed by atoms with E-state index in [0.717, 1.165) is 26.2 Å². The number of nitrogens with zero attached hydrogens (tertiary/aromatic N) is 3. The van der Waals surface area contributed by atoms with Gasteiger partial charge in [0.05, 0.1) is 23.3 Å². The van der Waals surface area contributed by atoms with Crippen LogP contribution in [0.1, 0.15) is 11.8 Å². The van der Waals surface area contributed by atoms with Gasteiger partial charge in [0.25, 0.3) is 0 Å². The number of hydrogen-bond acceptors (Lipinski definition) is 6. The fraction of sp³-hybridized carbons (Fsp3) is 0.583. The van der Waals surface area contributed by atoms with E-state index in [0.29, 0.717) is 23.6 Å². The monoisotopic (exact) mass is 251 g/mol. The Balaban J connectivity index is 1.97. The lowest BCUT2D eigenvalue weighted by molar-refractivity contribution is 0.0787. The highest BCUT2D eigenvalue weighted by molar-refractivity contribution is 5.53. The van der Waals surface area contributed by atoms with Crippen LogP contribution in [0.4, 0.5) is 11.4 Å². The number of aliphatic hydroxyl groups is 1. The molecule has 6 heteroatoms. The Kier molecular flexibility index (Phi) is 4.00. The van der Waals surface area contributed by atoms with Crippen molar-refractivity contribution in [3.8, 4) is 0 Å². The highest BCUT2D eigenvalue weighted by atomic mass is 16.3. The van der Waals surface area contributed by atoms with Gasteiger partial charge in [-0.05, 0) is 13.1 Å². The molecule has 0 aromatic carbocycles. The first-order valence-electron chi connectivity index (χ1n) is 6.16. The molecule has 100 valence electrons. The molecule has 0 radical (unpaired) electrons. The number of likely N-dealkylation sites (N-methyl/N-ethyl adjacent to an activating group) is 1. The van der Waals surface area contributed by atoms with Gasteiger partial charge in [-0.25, -0.2) is 0 Å². The zero-order valence-electron chi connectivity index (χ0n) is 10.7. The van der Waals surface area contributed by atoms with Crippen LogP contribution < -0.4 is 11.5 Å². The number of pyridine rings is 1. The molecule has 1 aromatic rings. The smallest absolute Gasteiger partial charge is 0.111 e. The second kappa shape index (κ2) is 5.51. The van der Waals surface area contributed by atoms with E-state index in [1.165, 1.54) is 6.20 Å². The Morgan fingerprint density at radius 3 is 2.61 bits per heavy atom. The van der Waals surface area contributed by atoms with E-state index in [2.05, 4.69) is 21.8 Å². The van der Waals surface area contributed by atoms with Crippen molar-refractivity contribution in [1.82, 2.24) is 14.8 Å². The topological polar surface area (TPSA) is 91.6 Å². The summed E-state index contributed by atoms with van der Waals surface area (Å²) in [6, 6.07) is 1.63. The highest BCUT2D eigenvalue weighted by Crippen LogP contribution is 2.21. The lowest BCUT2D eigenvalue weighted by atomic mass is 10.1. The van der Waals surface area contributed by atoms with Crippen LogP contribution in [0.2, 0.25) is 0 Å². The van der Waals surface area contributed by atoms with Crippen LogP contribution >= 0.6 is 0 Å². The minimum atomic E-state index is -0.658. The maximum absolute atomic E-state index is 10.2. The van der Waals surface area contributed by atoms with Gasteiger partial charge in [0.2, 0.25) is 0 Å². The third kappa shape index (κ3) is 3.10. The lowest BCUT2D eigenvalue weighted by Crippen LogP contribution is -2.45. The number of aromatic nitrogens is 1. The maximum Gasteiger partial charge on any atom is 0.111 e. The van der Waals surface area contributed by atoms with Crippen molar-refractivity contribution >= 4 is 11.4 Å². The number of anilines is 2. The first-order valence-corrected chi connectivity index (χ1v) is 6.16. The number of nitrogen functional groups attached to an aromatic ring is 2. The molecule has 1 aliphatic heterocycles. The molecule has 1 fully saturated rings. The predicted molar refractivity (Wildman–Crippen MR) is 72.0 cm³/mol. The van der Waals surface area contributed by atoms with Crippen molar-refractivity contribution in [2.75, 3.05) is 51.2 Å². The third-order valence-electron chi connectivity index (χ3n) is 3.31. The van der Waals surface area contributed by atoms with Crippen LogP contribution in [0.25, 0.3) is 0 Å². The van der Waals surface area contributed by atoms with Gasteiger partial charge in [-0.1, -0.05) is 0 Å². The van der Waals surface area contributed by atoms with Crippen LogP contribution in [0.3, 0.4) is 0 Å². The highest BCUT2D eigenvalue weighted by Gasteiger charge is 2.20. The molecular formula is C12H21N5O. The zero-order valence-corrected chi connectivity index (χ0v) is 10.7. The van der Waals surface area contributed by atoms with Crippen LogP contribution in [0.15, 0.2) is 12.3 Å². The summed E-state index contributed by atoms with van der Waals surface area (Å²) in [7, 11) is 2.10. The van der Waals surface area contributed by atoms with E-state index >= 15 is 0 Å². The third-order valence-corrected chi connectivity index (χ3v) is 3.31. The van der Waals surface area contributed by atoms with Gasteiger partial charge in [0.15, 0.2) is 0 Å². The van der Waals surface area contributed by atoms with Gasteiger partial charge in [-0.2, -0.15) is 0 Å². The maximum atomic E-state index is 10.2. The summed E-state index contributed by atoms with van der Waals surface area (Å²) in [4.78, 5) is 8.62. The number of hydrogen-bond donors (Lipinski definition) is 3. The summed E-state index contributed by atoms with van der Waals surface area (Å²) < 4.78 is 0. The fourth-order valence-electron chi connectivity index (χ4n) is 2.15. The zero-order chi connectivity index (χ0) is 13.1. The van der Waals surface area contributed by atoms with Crippen molar-refractivity contribution in [1.29, 1.82) is 0 Å². The van der Waals surface area contributed by atoms with Crippen molar-refractivity contribution in [2.45, 2.75) is 6.10 Å². The van der Waals surface area contributed by atoms with Crippen LogP contribution in [0, 0.1) is 0 Å². The first-order chi connectivity index (χ1) is 8.56. The van der Waals surface area contributed by atoms with Crippen molar-refractivity contribution < 1.29 is 5.11 Å². The number of nitrogens with two attached hydrogens (primary N) is 2. The molecule has 5 N–H and O–H groups in total. The van der Waals surface area contributed by atoms with Crippen molar-refractivity contribution in [3.63, 3.8) is 0 Å². The first kappa shape index (κ1) is 13.1. The summed E-state index contributed by atoms with van der Waals surface area (Å²) in [5.74, 6) is 0. The van der Waals surface area contributed by atoms with Gasteiger partial charge >= 0.3 is 0 Å². The Morgan fingerprint density at radius 2 is 2.00 bits per heavy atom. The molecule has 1 aliphatic rings. The summed E-state index contributed by atoms with van der Waals surface area (Å²) >= 11 is 0. The Hall–Kier alpha value is -1.37. The molecule has 0 unspecified atom stereocenters. The van der Waals surface area contributed by atoms with Crippen LogP contribution in [-0.4, -0.2) is 59.7 Å². The second-order valence-electron chi connectivity index (χ2n) is 4.86. The molecule has 1 aromatic heterocycles. The van der Waals surface area contributed by atoms with E-state index in [9.17, 15) is 5.11 Å². The van der Waals surface area contributed by atoms with E-state index in [-0.39, 0.29) is 0 Å². The van der Waals surface area contributed by atoms with Gasteiger partial charge in [-0.15, -0.1) is 0 Å². The van der Waals surface area contributed by atoms with E-state index in [1.807, 2.05) is 0 Å².